The van der Waals surface area contributed by atoms with Gasteiger partial charge in [0.15, 0.2) is 5.69 Å². The molecular formula is C21H25N5O4. The molecule has 9 heteroatoms. The molecule has 4 rings (SSSR count). The predicted molar refractivity (Wildman–Crippen MR) is 111 cm³/mol. The molecule has 158 valence electrons. The predicted octanol–water partition coefficient (Wildman–Crippen LogP) is 2.15. The zero-order chi connectivity index (χ0) is 21.3. The van der Waals surface area contributed by atoms with Crippen molar-refractivity contribution in [2.24, 2.45) is 0 Å². The van der Waals surface area contributed by atoms with Gasteiger partial charge in [0.05, 0.1) is 4.92 Å². The van der Waals surface area contributed by atoms with Crippen molar-refractivity contribution in [2.75, 3.05) is 26.2 Å². The minimum Gasteiger partial charge on any atom is -0.333 e. The maximum Gasteiger partial charge on any atom is 0.294 e. The number of nitrogens with zero attached hydrogens (tertiary/aromatic N) is 5. The van der Waals surface area contributed by atoms with Gasteiger partial charge in [-0.25, -0.2) is 4.68 Å². The van der Waals surface area contributed by atoms with Crippen LogP contribution >= 0.6 is 0 Å². The standard InChI is InChI=1S/C21H25N5O4/c1-15-13-19(27)20(22-25(15)17-8-2-3-9-18(17)26(29)30)21(28)24-12-6-7-16(24)14-23-10-4-5-11-23/h2-3,8-9,13,16H,4-7,10-12,14H2,1H3. The van der Waals surface area contributed by atoms with Crippen LogP contribution in [0.5, 0.6) is 0 Å². The first-order chi connectivity index (χ1) is 14.5. The lowest BCUT2D eigenvalue weighted by molar-refractivity contribution is -0.384. The number of amides is 1. The fourth-order valence-electron chi connectivity index (χ4n) is 4.43. The van der Waals surface area contributed by atoms with Gasteiger partial charge in [-0.15, -0.1) is 0 Å². The van der Waals surface area contributed by atoms with Crippen LogP contribution in [0.15, 0.2) is 35.1 Å². The Hall–Kier alpha value is -3.07. The van der Waals surface area contributed by atoms with Crippen molar-refractivity contribution in [3.63, 3.8) is 0 Å². The number of para-hydroxylation sites is 2. The van der Waals surface area contributed by atoms with Crippen molar-refractivity contribution >= 4 is 11.6 Å². The smallest absolute Gasteiger partial charge is 0.294 e. The maximum atomic E-state index is 13.3. The molecule has 1 aromatic heterocycles. The van der Waals surface area contributed by atoms with Gasteiger partial charge in [0.1, 0.15) is 5.69 Å². The Labute approximate surface area is 174 Å². The number of nitro groups is 1. The highest BCUT2D eigenvalue weighted by atomic mass is 16.6. The Kier molecular flexibility index (Phi) is 5.63. The van der Waals surface area contributed by atoms with Crippen LogP contribution in [0.3, 0.4) is 0 Å². The minimum atomic E-state index is -0.497. The van der Waals surface area contributed by atoms with Crippen LogP contribution < -0.4 is 5.43 Å². The summed E-state index contributed by atoms with van der Waals surface area (Å²) >= 11 is 0. The third-order valence-corrected chi connectivity index (χ3v) is 5.92. The third-order valence-electron chi connectivity index (χ3n) is 5.92. The Morgan fingerprint density at radius 1 is 1.20 bits per heavy atom. The van der Waals surface area contributed by atoms with E-state index in [1.807, 2.05) is 0 Å². The molecule has 1 atom stereocenters. The topological polar surface area (TPSA) is 102 Å². The van der Waals surface area contributed by atoms with Gasteiger partial charge < -0.3 is 9.80 Å². The molecule has 2 aromatic rings. The molecule has 1 unspecified atom stereocenters. The first-order valence-corrected chi connectivity index (χ1v) is 10.3. The molecule has 0 spiro atoms. The molecule has 0 N–H and O–H groups in total. The van der Waals surface area contributed by atoms with Crippen molar-refractivity contribution in [3.05, 3.63) is 62.1 Å². The molecule has 0 saturated carbocycles. The number of likely N-dealkylation sites (tertiary alicyclic amines) is 2. The van der Waals surface area contributed by atoms with Crippen molar-refractivity contribution < 1.29 is 9.72 Å². The minimum absolute atomic E-state index is 0.0672. The van der Waals surface area contributed by atoms with Gasteiger partial charge >= 0.3 is 0 Å². The Balaban J connectivity index is 1.68. The van der Waals surface area contributed by atoms with Gasteiger partial charge in [-0.2, -0.15) is 5.10 Å². The summed E-state index contributed by atoms with van der Waals surface area (Å²) in [5.74, 6) is -0.394. The Morgan fingerprint density at radius 3 is 2.67 bits per heavy atom. The summed E-state index contributed by atoms with van der Waals surface area (Å²) in [4.78, 5) is 40.9. The average Bonchev–Trinajstić information content (AvgIpc) is 3.40. The number of benzene rings is 1. The van der Waals surface area contributed by atoms with E-state index in [0.717, 1.165) is 32.5 Å². The molecule has 30 heavy (non-hydrogen) atoms. The Bertz CT molecular complexity index is 1030. The van der Waals surface area contributed by atoms with E-state index in [0.29, 0.717) is 12.2 Å². The van der Waals surface area contributed by atoms with E-state index in [9.17, 15) is 19.7 Å². The van der Waals surface area contributed by atoms with Crippen LogP contribution in [-0.4, -0.2) is 62.6 Å². The second kappa shape index (κ2) is 8.35. The van der Waals surface area contributed by atoms with Crippen molar-refractivity contribution in [2.45, 2.75) is 38.6 Å². The summed E-state index contributed by atoms with van der Waals surface area (Å²) in [6, 6.07) is 7.56. The summed E-state index contributed by atoms with van der Waals surface area (Å²) < 4.78 is 1.32. The SMILES string of the molecule is Cc1cc(=O)c(C(=O)N2CCCC2CN2CCCC2)nn1-c1ccccc1[N+](=O)[O-]. The van der Waals surface area contributed by atoms with Gasteiger partial charge in [-0.1, -0.05) is 12.1 Å². The fraction of sp³-hybridized carbons (Fsp3) is 0.476. The fourth-order valence-corrected chi connectivity index (χ4v) is 4.43. The number of nitro benzene ring substituents is 1. The molecule has 2 saturated heterocycles. The van der Waals surface area contributed by atoms with Gasteiger partial charge in [0.25, 0.3) is 11.6 Å². The molecule has 2 aliphatic rings. The van der Waals surface area contributed by atoms with E-state index in [2.05, 4.69) is 10.00 Å². The molecule has 3 heterocycles. The summed E-state index contributed by atoms with van der Waals surface area (Å²) in [5, 5.41) is 15.7. The maximum absolute atomic E-state index is 13.3. The lowest BCUT2D eigenvalue weighted by atomic mass is 10.2. The number of hydrogen-bond acceptors (Lipinski definition) is 6. The van der Waals surface area contributed by atoms with Crippen LogP contribution in [0, 0.1) is 17.0 Å². The lowest BCUT2D eigenvalue weighted by Gasteiger charge is -2.28. The molecule has 0 radical (unpaired) electrons. The van der Waals surface area contributed by atoms with Crippen molar-refractivity contribution in [3.8, 4) is 5.69 Å². The highest BCUT2D eigenvalue weighted by Gasteiger charge is 2.33. The average molecular weight is 411 g/mol. The lowest BCUT2D eigenvalue weighted by Crippen LogP contribution is -2.44. The third kappa shape index (κ3) is 3.85. The number of aryl methyl sites for hydroxylation is 1. The molecule has 1 amide bonds. The van der Waals surface area contributed by atoms with Gasteiger partial charge in [-0.05, 0) is 51.8 Å². The second-order valence-corrected chi connectivity index (χ2v) is 7.96. The molecule has 1 aromatic carbocycles. The zero-order valence-electron chi connectivity index (χ0n) is 17.0. The van der Waals surface area contributed by atoms with Gasteiger partial charge in [-0.3, -0.25) is 19.7 Å². The van der Waals surface area contributed by atoms with E-state index < -0.39 is 16.3 Å². The molecule has 2 aliphatic heterocycles. The second-order valence-electron chi connectivity index (χ2n) is 7.96. The summed E-state index contributed by atoms with van der Waals surface area (Å²) in [7, 11) is 0. The van der Waals surface area contributed by atoms with Crippen LogP contribution in [0.4, 0.5) is 5.69 Å². The molecule has 2 fully saturated rings. The first-order valence-electron chi connectivity index (χ1n) is 10.3. The van der Waals surface area contributed by atoms with E-state index in [1.54, 1.807) is 30.0 Å². The monoisotopic (exact) mass is 411 g/mol. The molecule has 9 nitrogen and oxygen atoms in total. The number of hydrogen-bond donors (Lipinski definition) is 0. The number of carbonyl (C=O) groups is 1. The van der Waals surface area contributed by atoms with E-state index in [4.69, 9.17) is 0 Å². The van der Waals surface area contributed by atoms with Crippen LogP contribution in [0.1, 0.15) is 41.9 Å². The first kappa shape index (κ1) is 20.2. The van der Waals surface area contributed by atoms with Crippen molar-refractivity contribution in [1.29, 1.82) is 0 Å². The number of rotatable bonds is 5. The summed E-state index contributed by atoms with van der Waals surface area (Å²) in [5.41, 5.74) is -0.126. The van der Waals surface area contributed by atoms with Crippen LogP contribution in [0.2, 0.25) is 0 Å². The molecule has 0 bridgehead atoms. The molecule has 0 aliphatic carbocycles. The summed E-state index contributed by atoms with van der Waals surface area (Å²) in [6.45, 7) is 5.15. The van der Waals surface area contributed by atoms with Crippen molar-refractivity contribution in [1.82, 2.24) is 19.6 Å². The molecular weight excluding hydrogens is 386 g/mol. The highest BCUT2D eigenvalue weighted by molar-refractivity contribution is 5.92. The van der Waals surface area contributed by atoms with E-state index in [-0.39, 0.29) is 23.1 Å². The quantitative estimate of drug-likeness (QED) is 0.552. The van der Waals surface area contributed by atoms with Gasteiger partial charge in [0.2, 0.25) is 5.43 Å². The summed E-state index contributed by atoms with van der Waals surface area (Å²) in [6.07, 6.45) is 4.17. The number of carbonyl (C=O) groups excluding carboxylic acids is 1. The number of aromatic nitrogens is 2. The highest BCUT2D eigenvalue weighted by Crippen LogP contribution is 2.24. The van der Waals surface area contributed by atoms with Gasteiger partial charge in [0, 0.05) is 37.0 Å². The zero-order valence-corrected chi connectivity index (χ0v) is 17.0. The largest absolute Gasteiger partial charge is 0.333 e. The van der Waals surface area contributed by atoms with Crippen LogP contribution in [-0.2, 0) is 0 Å². The van der Waals surface area contributed by atoms with Crippen LogP contribution in [0.25, 0.3) is 5.69 Å². The normalized spacial score (nSPS) is 19.4. The Morgan fingerprint density at radius 2 is 1.93 bits per heavy atom. The van der Waals surface area contributed by atoms with E-state index in [1.165, 1.54) is 29.7 Å². The van der Waals surface area contributed by atoms with E-state index >= 15 is 0 Å².